The number of benzene rings is 3. The van der Waals surface area contributed by atoms with Crippen molar-refractivity contribution in [3.05, 3.63) is 65.7 Å². The number of ether oxygens (including phenoxy) is 3. The number of amides is 1. The van der Waals surface area contributed by atoms with E-state index in [1.807, 2.05) is 0 Å². The minimum atomic E-state index is -4.63. The molecule has 0 fully saturated rings. The lowest BCUT2D eigenvalue weighted by Crippen LogP contribution is -2.22. The quantitative estimate of drug-likeness (QED) is 0.380. The number of hydrogen-bond acceptors (Lipinski definition) is 6. The molecule has 0 saturated carbocycles. The Morgan fingerprint density at radius 1 is 1.00 bits per heavy atom. The maximum Gasteiger partial charge on any atom is 0.416 e. The molecule has 2 N–H and O–H groups in total. The van der Waals surface area contributed by atoms with Crippen LogP contribution in [0.5, 0.6) is 11.5 Å². The molecular formula is C23H20F3NO6. The predicted molar refractivity (Wildman–Crippen MR) is 113 cm³/mol. The van der Waals surface area contributed by atoms with Crippen molar-refractivity contribution in [3.63, 3.8) is 0 Å². The minimum Gasteiger partial charge on any atom is -0.507 e. The van der Waals surface area contributed by atoms with Crippen LogP contribution in [0, 0.1) is 0 Å². The van der Waals surface area contributed by atoms with Crippen LogP contribution in [-0.2, 0) is 20.4 Å². The van der Waals surface area contributed by atoms with Gasteiger partial charge in [-0.2, -0.15) is 13.2 Å². The lowest BCUT2D eigenvalue weighted by molar-refractivity contribution is -0.137. The zero-order chi connectivity index (χ0) is 24.0. The standard InChI is InChI=1S/C23H20F3NO6/c1-31-8-9-32-20-7-6-16(23(24,25)26)12-18(20)27-21(29)13-33-22(30)17-10-14-4-2-3-5-15(14)11-19(17)28/h2-7,10-12,28H,8-9,13H2,1H3,(H,27,29). The Morgan fingerprint density at radius 3 is 2.36 bits per heavy atom. The van der Waals surface area contributed by atoms with Gasteiger partial charge in [-0.15, -0.1) is 0 Å². The van der Waals surface area contributed by atoms with Crippen molar-refractivity contribution in [1.82, 2.24) is 0 Å². The number of anilines is 1. The van der Waals surface area contributed by atoms with Crippen molar-refractivity contribution < 1.29 is 42.1 Å². The second kappa shape index (κ2) is 10.2. The average Bonchev–Trinajstić information content (AvgIpc) is 2.77. The fraction of sp³-hybridized carbons (Fsp3) is 0.217. The molecule has 0 unspecified atom stereocenters. The van der Waals surface area contributed by atoms with Gasteiger partial charge in [-0.25, -0.2) is 4.79 Å². The maximum atomic E-state index is 13.1. The number of phenols is 1. The fourth-order valence-electron chi connectivity index (χ4n) is 2.95. The van der Waals surface area contributed by atoms with Crippen LogP contribution in [-0.4, -0.2) is 43.9 Å². The van der Waals surface area contributed by atoms with Crippen LogP contribution < -0.4 is 10.1 Å². The van der Waals surface area contributed by atoms with Crippen LogP contribution in [0.15, 0.2) is 54.6 Å². The maximum absolute atomic E-state index is 13.1. The van der Waals surface area contributed by atoms with Gasteiger partial charge in [-0.05, 0) is 41.1 Å². The molecule has 7 nitrogen and oxygen atoms in total. The first kappa shape index (κ1) is 23.9. The van der Waals surface area contributed by atoms with Gasteiger partial charge >= 0.3 is 12.1 Å². The van der Waals surface area contributed by atoms with Gasteiger partial charge in [-0.1, -0.05) is 24.3 Å². The highest BCUT2D eigenvalue weighted by Gasteiger charge is 2.31. The molecule has 0 atom stereocenters. The molecule has 0 aliphatic heterocycles. The van der Waals surface area contributed by atoms with Gasteiger partial charge in [0.15, 0.2) is 6.61 Å². The first-order chi connectivity index (χ1) is 15.7. The summed E-state index contributed by atoms with van der Waals surface area (Å²) < 4.78 is 54.3. The normalized spacial score (nSPS) is 11.3. The minimum absolute atomic E-state index is 0.00750. The summed E-state index contributed by atoms with van der Waals surface area (Å²) in [6.45, 7) is -0.568. The van der Waals surface area contributed by atoms with Gasteiger partial charge in [-0.3, -0.25) is 4.79 Å². The number of carbonyl (C=O) groups is 2. The summed E-state index contributed by atoms with van der Waals surface area (Å²) in [6, 6.07) is 12.4. The Kier molecular flexibility index (Phi) is 7.39. The summed E-state index contributed by atoms with van der Waals surface area (Å²) in [4.78, 5) is 24.6. The Hall–Kier alpha value is -3.79. The third-order valence-electron chi connectivity index (χ3n) is 4.54. The largest absolute Gasteiger partial charge is 0.507 e. The molecule has 0 radical (unpaired) electrons. The van der Waals surface area contributed by atoms with Gasteiger partial charge < -0.3 is 24.6 Å². The third-order valence-corrected chi connectivity index (χ3v) is 4.54. The van der Waals surface area contributed by atoms with Gasteiger partial charge in [0.2, 0.25) is 0 Å². The molecular weight excluding hydrogens is 443 g/mol. The number of fused-ring (bicyclic) bond motifs is 1. The van der Waals surface area contributed by atoms with E-state index in [0.717, 1.165) is 18.2 Å². The van der Waals surface area contributed by atoms with Crippen LogP contribution in [0.2, 0.25) is 0 Å². The molecule has 0 aliphatic rings. The molecule has 1 amide bonds. The first-order valence-corrected chi connectivity index (χ1v) is 9.70. The highest BCUT2D eigenvalue weighted by atomic mass is 19.4. The summed E-state index contributed by atoms with van der Waals surface area (Å²) in [7, 11) is 1.43. The van der Waals surface area contributed by atoms with Crippen LogP contribution in [0.1, 0.15) is 15.9 Å². The zero-order valence-electron chi connectivity index (χ0n) is 17.4. The fourth-order valence-corrected chi connectivity index (χ4v) is 2.95. The zero-order valence-corrected chi connectivity index (χ0v) is 17.4. The molecule has 0 bridgehead atoms. The molecule has 0 spiro atoms. The topological polar surface area (TPSA) is 94.1 Å². The highest BCUT2D eigenvalue weighted by molar-refractivity contribution is 6.00. The summed E-state index contributed by atoms with van der Waals surface area (Å²) in [5, 5.41) is 13.7. The number of alkyl halides is 3. The molecule has 3 aromatic carbocycles. The van der Waals surface area contributed by atoms with Crippen LogP contribution >= 0.6 is 0 Å². The van der Waals surface area contributed by atoms with Gasteiger partial charge in [0.05, 0.1) is 17.9 Å². The van der Waals surface area contributed by atoms with Gasteiger partial charge in [0, 0.05) is 7.11 Å². The van der Waals surface area contributed by atoms with E-state index < -0.39 is 30.2 Å². The second-order valence-electron chi connectivity index (χ2n) is 6.89. The van der Waals surface area contributed by atoms with Crippen molar-refractivity contribution in [2.24, 2.45) is 0 Å². The number of rotatable bonds is 8. The van der Waals surface area contributed by atoms with E-state index in [0.29, 0.717) is 10.8 Å². The van der Waals surface area contributed by atoms with Crippen LogP contribution in [0.4, 0.5) is 18.9 Å². The molecule has 0 aromatic heterocycles. The summed E-state index contributed by atoms with van der Waals surface area (Å²) in [5.74, 6) is -2.19. The SMILES string of the molecule is COCCOc1ccc(C(F)(F)F)cc1NC(=O)COC(=O)c1cc2ccccc2cc1O. The molecule has 0 aliphatic carbocycles. The average molecular weight is 463 g/mol. The number of hydrogen-bond donors (Lipinski definition) is 2. The Morgan fingerprint density at radius 2 is 1.70 bits per heavy atom. The summed E-state index contributed by atoms with van der Waals surface area (Å²) in [6.07, 6.45) is -4.63. The number of phenolic OH excluding ortho intramolecular Hbond substituents is 1. The summed E-state index contributed by atoms with van der Waals surface area (Å²) >= 11 is 0. The molecule has 33 heavy (non-hydrogen) atoms. The van der Waals surface area contributed by atoms with Crippen molar-refractivity contribution in [3.8, 4) is 11.5 Å². The van der Waals surface area contributed by atoms with Crippen molar-refractivity contribution in [2.75, 3.05) is 32.2 Å². The van der Waals surface area contributed by atoms with Gasteiger partial charge in [0.1, 0.15) is 23.7 Å². The smallest absolute Gasteiger partial charge is 0.416 e. The number of methoxy groups -OCH3 is 1. The molecule has 0 saturated heterocycles. The Balaban J connectivity index is 1.70. The van der Waals surface area contributed by atoms with E-state index in [-0.39, 0.29) is 36.0 Å². The highest BCUT2D eigenvalue weighted by Crippen LogP contribution is 2.35. The molecule has 10 heteroatoms. The number of halogens is 3. The molecule has 0 heterocycles. The summed E-state index contributed by atoms with van der Waals surface area (Å²) in [5.41, 5.74) is -1.38. The number of aromatic hydroxyl groups is 1. The van der Waals surface area contributed by atoms with Gasteiger partial charge in [0.25, 0.3) is 5.91 Å². The van der Waals surface area contributed by atoms with E-state index in [2.05, 4.69) is 5.32 Å². The monoisotopic (exact) mass is 463 g/mol. The number of carbonyl (C=O) groups excluding carboxylic acids is 2. The van der Waals surface area contributed by atoms with Crippen LogP contribution in [0.3, 0.4) is 0 Å². The van der Waals surface area contributed by atoms with E-state index in [9.17, 15) is 27.9 Å². The van der Waals surface area contributed by atoms with Crippen molar-refractivity contribution in [1.29, 1.82) is 0 Å². The first-order valence-electron chi connectivity index (χ1n) is 9.70. The molecule has 3 aromatic rings. The van der Waals surface area contributed by atoms with Crippen molar-refractivity contribution >= 4 is 28.3 Å². The Labute approximate surface area is 186 Å². The molecule has 174 valence electrons. The number of nitrogens with one attached hydrogen (secondary N) is 1. The third kappa shape index (κ3) is 6.13. The molecule has 3 rings (SSSR count). The number of esters is 1. The van der Waals surface area contributed by atoms with E-state index in [1.54, 1.807) is 24.3 Å². The van der Waals surface area contributed by atoms with E-state index in [4.69, 9.17) is 14.2 Å². The second-order valence-corrected chi connectivity index (χ2v) is 6.89. The van der Waals surface area contributed by atoms with Crippen molar-refractivity contribution in [2.45, 2.75) is 6.18 Å². The predicted octanol–water partition coefficient (Wildman–Crippen LogP) is 4.38. The lowest BCUT2D eigenvalue weighted by atomic mass is 10.1. The van der Waals surface area contributed by atoms with Crippen LogP contribution in [0.25, 0.3) is 10.8 Å². The Bertz CT molecular complexity index is 1160. The van der Waals surface area contributed by atoms with E-state index in [1.165, 1.54) is 19.2 Å². The van der Waals surface area contributed by atoms with E-state index >= 15 is 0 Å². The lowest BCUT2D eigenvalue weighted by Gasteiger charge is -2.15.